The van der Waals surface area contributed by atoms with Gasteiger partial charge in [-0.3, -0.25) is 4.98 Å². The molecule has 0 spiro atoms. The molecule has 0 saturated heterocycles. The first-order valence-electron chi connectivity index (χ1n) is 5.22. The fourth-order valence-corrected chi connectivity index (χ4v) is 1.61. The van der Waals surface area contributed by atoms with Crippen molar-refractivity contribution in [1.82, 2.24) is 4.98 Å². The lowest BCUT2D eigenvalue weighted by Crippen LogP contribution is -1.80. The van der Waals surface area contributed by atoms with Gasteiger partial charge in [-0.25, -0.2) is 0 Å². The molecule has 74 valence electrons. The number of hydrogen-bond acceptors (Lipinski definition) is 2. The van der Waals surface area contributed by atoms with Gasteiger partial charge in [0.15, 0.2) is 0 Å². The van der Waals surface area contributed by atoms with Crippen molar-refractivity contribution in [2.45, 2.75) is 32.6 Å². The molecule has 14 heavy (non-hydrogen) atoms. The van der Waals surface area contributed by atoms with Gasteiger partial charge in [0, 0.05) is 24.2 Å². The molecule has 0 N–H and O–H groups in total. The van der Waals surface area contributed by atoms with Gasteiger partial charge in [-0.05, 0) is 18.6 Å². The maximum Gasteiger partial charge on any atom is 0.137 e. The Morgan fingerprint density at radius 1 is 1.36 bits per heavy atom. The summed E-state index contributed by atoms with van der Waals surface area (Å²) in [5, 5.41) is 1.11. The number of aromatic nitrogens is 1. The summed E-state index contributed by atoms with van der Waals surface area (Å²) >= 11 is 0. The molecule has 0 aliphatic heterocycles. The number of rotatable bonds is 4. The minimum atomic E-state index is 0.950. The molecule has 0 radical (unpaired) electrons. The highest BCUT2D eigenvalue weighted by Crippen LogP contribution is 2.19. The summed E-state index contributed by atoms with van der Waals surface area (Å²) in [6, 6.07) is 4.01. The summed E-state index contributed by atoms with van der Waals surface area (Å²) in [6.45, 7) is 2.21. The van der Waals surface area contributed by atoms with Crippen LogP contribution >= 0.6 is 0 Å². The van der Waals surface area contributed by atoms with E-state index in [-0.39, 0.29) is 0 Å². The van der Waals surface area contributed by atoms with Gasteiger partial charge in [0.2, 0.25) is 0 Å². The maximum atomic E-state index is 5.67. The molecule has 2 heterocycles. The van der Waals surface area contributed by atoms with Crippen molar-refractivity contribution >= 4 is 11.0 Å². The Balaban J connectivity index is 2.11. The van der Waals surface area contributed by atoms with Crippen molar-refractivity contribution in [3.8, 4) is 0 Å². The van der Waals surface area contributed by atoms with Crippen LogP contribution in [0.1, 0.15) is 31.9 Å². The van der Waals surface area contributed by atoms with Crippen LogP contribution in [0.3, 0.4) is 0 Å². The highest BCUT2D eigenvalue weighted by atomic mass is 16.3. The smallest absolute Gasteiger partial charge is 0.137 e. The number of unbranched alkanes of at least 4 members (excludes halogenated alkanes) is 2. The van der Waals surface area contributed by atoms with Crippen molar-refractivity contribution in [2.24, 2.45) is 0 Å². The molecule has 0 fully saturated rings. The quantitative estimate of drug-likeness (QED) is 0.687. The van der Waals surface area contributed by atoms with E-state index in [0.29, 0.717) is 0 Å². The molecule has 0 bridgehead atoms. The van der Waals surface area contributed by atoms with Crippen molar-refractivity contribution < 1.29 is 4.42 Å². The maximum absolute atomic E-state index is 5.67. The Morgan fingerprint density at radius 3 is 3.07 bits per heavy atom. The van der Waals surface area contributed by atoms with E-state index in [4.69, 9.17) is 4.42 Å². The molecule has 2 nitrogen and oxygen atoms in total. The molecular formula is C12H15NO. The van der Waals surface area contributed by atoms with Crippen LogP contribution in [0.2, 0.25) is 0 Å². The molecule has 0 aliphatic carbocycles. The summed E-state index contributed by atoms with van der Waals surface area (Å²) in [5.74, 6) is 1.08. The first-order valence-corrected chi connectivity index (χ1v) is 5.22. The number of hydrogen-bond donors (Lipinski definition) is 0. The number of fused-ring (bicyclic) bond motifs is 1. The van der Waals surface area contributed by atoms with Crippen molar-refractivity contribution in [2.75, 3.05) is 0 Å². The highest BCUT2D eigenvalue weighted by Gasteiger charge is 2.02. The van der Waals surface area contributed by atoms with E-state index in [1.807, 2.05) is 12.3 Å². The van der Waals surface area contributed by atoms with E-state index in [2.05, 4.69) is 18.0 Å². The van der Waals surface area contributed by atoms with E-state index in [0.717, 1.165) is 23.2 Å². The minimum absolute atomic E-state index is 0.950. The summed E-state index contributed by atoms with van der Waals surface area (Å²) in [4.78, 5) is 4.06. The topological polar surface area (TPSA) is 26.0 Å². The summed E-state index contributed by atoms with van der Waals surface area (Å²) in [6.07, 6.45) is 8.40. The standard InChI is InChI=1S/C12H15NO/c1-2-3-4-5-11-8-10-9-13-7-6-12(10)14-11/h6-9H,2-5H2,1H3. The number of aryl methyl sites for hydroxylation is 1. The third-order valence-corrected chi connectivity index (χ3v) is 2.39. The third-order valence-electron chi connectivity index (χ3n) is 2.39. The van der Waals surface area contributed by atoms with Crippen LogP contribution in [0.25, 0.3) is 11.0 Å². The Labute approximate surface area is 84.0 Å². The largest absolute Gasteiger partial charge is 0.461 e. The van der Waals surface area contributed by atoms with Crippen LogP contribution in [0, 0.1) is 0 Å². The van der Waals surface area contributed by atoms with Gasteiger partial charge in [0.25, 0.3) is 0 Å². The van der Waals surface area contributed by atoms with Gasteiger partial charge in [0.1, 0.15) is 11.3 Å². The van der Waals surface area contributed by atoms with Crippen molar-refractivity contribution in [3.05, 3.63) is 30.3 Å². The monoisotopic (exact) mass is 189 g/mol. The van der Waals surface area contributed by atoms with E-state index in [1.54, 1.807) is 6.20 Å². The lowest BCUT2D eigenvalue weighted by atomic mass is 10.2. The van der Waals surface area contributed by atoms with Gasteiger partial charge in [0.05, 0.1) is 0 Å². The molecule has 2 aromatic heterocycles. The van der Waals surface area contributed by atoms with Crippen LogP contribution < -0.4 is 0 Å². The first-order chi connectivity index (χ1) is 6.90. The van der Waals surface area contributed by atoms with Gasteiger partial charge >= 0.3 is 0 Å². The Bertz CT molecular complexity index is 372. The highest BCUT2D eigenvalue weighted by molar-refractivity contribution is 5.76. The average Bonchev–Trinajstić information content (AvgIpc) is 2.60. The van der Waals surface area contributed by atoms with Crippen molar-refractivity contribution in [3.63, 3.8) is 0 Å². The van der Waals surface area contributed by atoms with Crippen LogP contribution in [0.5, 0.6) is 0 Å². The molecule has 0 unspecified atom stereocenters. The Morgan fingerprint density at radius 2 is 2.29 bits per heavy atom. The Hall–Kier alpha value is -1.31. The molecule has 0 saturated carbocycles. The van der Waals surface area contributed by atoms with Gasteiger partial charge < -0.3 is 4.42 Å². The fraction of sp³-hybridized carbons (Fsp3) is 0.417. The lowest BCUT2D eigenvalue weighted by Gasteiger charge is -1.93. The Kier molecular flexibility index (Phi) is 2.82. The normalized spacial score (nSPS) is 10.9. The van der Waals surface area contributed by atoms with Crippen LogP contribution in [-0.4, -0.2) is 4.98 Å². The number of pyridine rings is 1. The second-order valence-corrected chi connectivity index (χ2v) is 3.58. The lowest BCUT2D eigenvalue weighted by molar-refractivity contribution is 0.531. The van der Waals surface area contributed by atoms with Crippen molar-refractivity contribution in [1.29, 1.82) is 0 Å². The SMILES string of the molecule is CCCCCc1cc2cnccc2o1. The molecule has 0 aromatic carbocycles. The van der Waals surface area contributed by atoms with E-state index in [9.17, 15) is 0 Å². The minimum Gasteiger partial charge on any atom is -0.461 e. The molecule has 0 amide bonds. The van der Waals surface area contributed by atoms with E-state index >= 15 is 0 Å². The van der Waals surface area contributed by atoms with Crippen LogP contribution in [0.4, 0.5) is 0 Å². The van der Waals surface area contributed by atoms with Gasteiger partial charge in [-0.15, -0.1) is 0 Å². The molecule has 0 atom stereocenters. The predicted octanol–water partition coefficient (Wildman–Crippen LogP) is 3.56. The van der Waals surface area contributed by atoms with Gasteiger partial charge in [-0.2, -0.15) is 0 Å². The van der Waals surface area contributed by atoms with Crippen LogP contribution in [-0.2, 0) is 6.42 Å². The van der Waals surface area contributed by atoms with E-state index in [1.165, 1.54) is 19.3 Å². The van der Waals surface area contributed by atoms with Crippen LogP contribution in [0.15, 0.2) is 28.9 Å². The zero-order valence-corrected chi connectivity index (χ0v) is 8.49. The number of furan rings is 1. The predicted molar refractivity (Wildman–Crippen MR) is 57.2 cm³/mol. The molecule has 0 aliphatic rings. The molecular weight excluding hydrogens is 174 g/mol. The fourth-order valence-electron chi connectivity index (χ4n) is 1.61. The molecule has 2 aromatic rings. The zero-order valence-electron chi connectivity index (χ0n) is 8.49. The summed E-state index contributed by atoms with van der Waals surface area (Å²) < 4.78 is 5.67. The molecule has 2 heteroatoms. The second-order valence-electron chi connectivity index (χ2n) is 3.58. The van der Waals surface area contributed by atoms with E-state index < -0.39 is 0 Å². The zero-order chi connectivity index (χ0) is 9.80. The number of nitrogens with zero attached hydrogens (tertiary/aromatic N) is 1. The molecule has 2 rings (SSSR count). The van der Waals surface area contributed by atoms with Gasteiger partial charge in [-0.1, -0.05) is 19.8 Å². The summed E-state index contributed by atoms with van der Waals surface area (Å²) in [5.41, 5.74) is 0.950. The third kappa shape index (κ3) is 1.95. The average molecular weight is 189 g/mol. The first kappa shape index (κ1) is 9.25. The summed E-state index contributed by atoms with van der Waals surface area (Å²) in [7, 11) is 0. The second kappa shape index (κ2) is 4.27.